The number of hydrogen-bond acceptors (Lipinski definition) is 6. The Labute approximate surface area is 225 Å². The molecule has 2 amide bonds. The maximum atomic E-state index is 14.5. The highest BCUT2D eigenvalue weighted by molar-refractivity contribution is 6.06. The maximum Gasteiger partial charge on any atom is 0.424 e. The number of fused-ring (bicyclic) bond motifs is 1. The minimum Gasteiger partial charge on any atom is -0.491 e. The molecule has 2 aromatic heterocycles. The Kier molecular flexibility index (Phi) is 8.01. The van der Waals surface area contributed by atoms with Gasteiger partial charge in [-0.3, -0.25) is 14.6 Å². The first kappa shape index (κ1) is 28.4. The highest BCUT2D eigenvalue weighted by Gasteiger charge is 2.56. The molecule has 12 heteroatoms. The number of carbonyl (C=O) groups excluding carboxylic acids is 2. The summed E-state index contributed by atoms with van der Waals surface area (Å²) >= 11 is 0. The predicted molar refractivity (Wildman–Crippen MR) is 138 cm³/mol. The van der Waals surface area contributed by atoms with Crippen LogP contribution in [0.25, 0.3) is 22.2 Å². The lowest BCUT2D eigenvalue weighted by atomic mass is 9.93. The van der Waals surface area contributed by atoms with E-state index in [9.17, 15) is 32.3 Å². The van der Waals surface area contributed by atoms with Crippen molar-refractivity contribution in [3.05, 3.63) is 89.5 Å². The number of alkyl halides is 3. The molecule has 208 valence electrons. The van der Waals surface area contributed by atoms with E-state index in [1.165, 1.54) is 24.4 Å². The number of nitrogens with zero attached hydrogens (tertiary/aromatic N) is 2. The van der Waals surface area contributed by atoms with Crippen molar-refractivity contribution in [3.8, 4) is 17.0 Å². The van der Waals surface area contributed by atoms with Gasteiger partial charge in [0.05, 0.1) is 36.3 Å². The Morgan fingerprint density at radius 3 is 2.42 bits per heavy atom. The number of amides is 2. The maximum absolute atomic E-state index is 14.5. The summed E-state index contributed by atoms with van der Waals surface area (Å²) < 4.78 is 62.7. The molecule has 8 nitrogen and oxygen atoms in total. The van der Waals surface area contributed by atoms with Crippen molar-refractivity contribution in [1.82, 2.24) is 15.3 Å². The second kappa shape index (κ2) is 11.3. The fraction of sp³-hybridized carbons (Fsp3) is 0.214. The molecule has 0 saturated carbocycles. The molecule has 0 aliphatic heterocycles. The third-order valence-corrected chi connectivity index (χ3v) is 6.11. The molecule has 0 fully saturated rings. The van der Waals surface area contributed by atoms with Gasteiger partial charge < -0.3 is 20.9 Å². The number of nitrogens with two attached hydrogens (primary N) is 1. The minimum absolute atomic E-state index is 0.0477. The van der Waals surface area contributed by atoms with Gasteiger partial charge in [-0.25, -0.2) is 9.37 Å². The van der Waals surface area contributed by atoms with Gasteiger partial charge in [-0.15, -0.1) is 0 Å². The summed E-state index contributed by atoms with van der Waals surface area (Å²) in [6, 6.07) is 13.5. The Morgan fingerprint density at radius 2 is 1.77 bits per heavy atom. The Morgan fingerprint density at radius 1 is 1.07 bits per heavy atom. The summed E-state index contributed by atoms with van der Waals surface area (Å²) in [5.41, 5.74) is 1.14. The summed E-state index contributed by atoms with van der Waals surface area (Å²) in [6.45, 7) is 0.354. The number of halogens is 4. The van der Waals surface area contributed by atoms with Crippen LogP contribution in [0, 0.1) is 5.82 Å². The van der Waals surface area contributed by atoms with E-state index in [0.29, 0.717) is 10.9 Å². The second-order valence-electron chi connectivity index (χ2n) is 8.84. The quantitative estimate of drug-likeness (QED) is 0.267. The number of benzene rings is 2. The Bertz CT molecular complexity index is 1560. The van der Waals surface area contributed by atoms with E-state index >= 15 is 0 Å². The summed E-state index contributed by atoms with van der Waals surface area (Å²) in [5, 5.41) is 13.6. The zero-order valence-electron chi connectivity index (χ0n) is 21.1. The molecule has 0 unspecified atom stereocenters. The number of aromatic nitrogens is 2. The molecule has 0 aliphatic carbocycles. The SMILES string of the molecule is CCOc1c(CC(N)=O)cc([C@@](O)(CNC(=O)c2ccnc3ccccc23)C(F)(F)F)nc1-c1ccc(F)cc1. The number of para-hydroxylation sites is 1. The number of aliphatic hydroxyl groups is 1. The van der Waals surface area contributed by atoms with Crippen LogP contribution in [0.5, 0.6) is 5.75 Å². The van der Waals surface area contributed by atoms with E-state index in [2.05, 4.69) is 15.3 Å². The van der Waals surface area contributed by atoms with Gasteiger partial charge in [0.1, 0.15) is 17.3 Å². The van der Waals surface area contributed by atoms with E-state index < -0.39 is 48.1 Å². The Balaban J connectivity index is 1.82. The molecule has 0 radical (unpaired) electrons. The third kappa shape index (κ3) is 5.71. The molecule has 4 aromatic rings. The predicted octanol–water partition coefficient (Wildman–Crippen LogP) is 4.04. The number of rotatable bonds is 9. The molecule has 40 heavy (non-hydrogen) atoms. The van der Waals surface area contributed by atoms with Crippen molar-refractivity contribution < 1.29 is 37.0 Å². The van der Waals surface area contributed by atoms with Gasteiger partial charge in [0.2, 0.25) is 11.5 Å². The van der Waals surface area contributed by atoms with Crippen LogP contribution >= 0.6 is 0 Å². The molecule has 0 aliphatic rings. The number of nitrogens with one attached hydrogen (secondary N) is 1. The first-order valence-electron chi connectivity index (χ1n) is 12.1. The van der Waals surface area contributed by atoms with Gasteiger partial charge in [-0.2, -0.15) is 13.2 Å². The van der Waals surface area contributed by atoms with Crippen molar-refractivity contribution in [2.75, 3.05) is 13.2 Å². The molecule has 2 heterocycles. The molecule has 0 saturated heterocycles. The molecule has 2 aromatic carbocycles. The molecule has 1 atom stereocenters. The monoisotopic (exact) mass is 556 g/mol. The zero-order valence-corrected chi connectivity index (χ0v) is 21.1. The van der Waals surface area contributed by atoms with Gasteiger partial charge in [0, 0.05) is 22.7 Å². The van der Waals surface area contributed by atoms with Crippen molar-refractivity contribution >= 4 is 22.7 Å². The highest BCUT2D eigenvalue weighted by Crippen LogP contribution is 2.42. The lowest BCUT2D eigenvalue weighted by molar-refractivity contribution is -0.265. The highest BCUT2D eigenvalue weighted by atomic mass is 19.4. The Hall–Kier alpha value is -4.58. The van der Waals surface area contributed by atoms with E-state index in [1.807, 2.05) is 0 Å². The van der Waals surface area contributed by atoms with E-state index in [0.717, 1.165) is 18.2 Å². The van der Waals surface area contributed by atoms with Gasteiger partial charge >= 0.3 is 6.18 Å². The van der Waals surface area contributed by atoms with Crippen molar-refractivity contribution in [2.24, 2.45) is 5.73 Å². The van der Waals surface area contributed by atoms with Crippen LogP contribution in [-0.2, 0) is 16.8 Å². The van der Waals surface area contributed by atoms with Crippen LogP contribution in [0.15, 0.2) is 66.9 Å². The summed E-state index contributed by atoms with van der Waals surface area (Å²) in [7, 11) is 0. The van der Waals surface area contributed by atoms with Crippen LogP contribution in [0.3, 0.4) is 0 Å². The standard InChI is InChI=1S/C28H24F4N4O4/c1-2-40-25-17(14-23(33)37)13-22(36-24(25)16-7-9-18(29)10-8-16)27(39,28(30,31)32)15-35-26(38)20-11-12-34-21-6-4-3-5-19(20)21/h3-13,39H,2,14-15H2,1H3,(H2,33,37)(H,35,38)/t27-/m0/s1. The fourth-order valence-electron chi connectivity index (χ4n) is 4.16. The van der Waals surface area contributed by atoms with Crippen molar-refractivity contribution in [2.45, 2.75) is 25.1 Å². The van der Waals surface area contributed by atoms with Crippen LogP contribution in [0.4, 0.5) is 17.6 Å². The normalized spacial score (nSPS) is 13.1. The number of ether oxygens (including phenoxy) is 1. The third-order valence-electron chi connectivity index (χ3n) is 6.11. The topological polar surface area (TPSA) is 127 Å². The van der Waals surface area contributed by atoms with Crippen LogP contribution in [0.1, 0.15) is 28.5 Å². The summed E-state index contributed by atoms with van der Waals surface area (Å²) in [4.78, 5) is 33.0. The van der Waals surface area contributed by atoms with Gasteiger partial charge in [0.15, 0.2) is 0 Å². The number of hydrogen-bond donors (Lipinski definition) is 3. The number of pyridine rings is 2. The lowest BCUT2D eigenvalue weighted by Crippen LogP contribution is -2.51. The van der Waals surface area contributed by atoms with E-state index in [4.69, 9.17) is 10.5 Å². The van der Waals surface area contributed by atoms with E-state index in [-0.39, 0.29) is 34.7 Å². The first-order valence-corrected chi connectivity index (χ1v) is 12.1. The molecule has 0 spiro atoms. The number of carbonyl (C=O) groups is 2. The average molecular weight is 557 g/mol. The summed E-state index contributed by atoms with van der Waals surface area (Å²) in [6.07, 6.45) is -4.53. The molecule has 4 N–H and O–H groups in total. The van der Waals surface area contributed by atoms with Gasteiger partial charge in [-0.05, 0) is 49.4 Å². The van der Waals surface area contributed by atoms with Gasteiger partial charge in [0.25, 0.3) is 5.91 Å². The first-order chi connectivity index (χ1) is 18.9. The van der Waals surface area contributed by atoms with Crippen molar-refractivity contribution in [3.63, 3.8) is 0 Å². The largest absolute Gasteiger partial charge is 0.491 e. The molecule has 0 bridgehead atoms. The van der Waals surface area contributed by atoms with Gasteiger partial charge in [-0.1, -0.05) is 18.2 Å². The molecular formula is C28H24F4N4O4. The lowest BCUT2D eigenvalue weighted by Gasteiger charge is -2.31. The minimum atomic E-state index is -5.33. The zero-order chi connectivity index (χ0) is 29.1. The fourth-order valence-corrected chi connectivity index (χ4v) is 4.16. The second-order valence-corrected chi connectivity index (χ2v) is 8.84. The van der Waals surface area contributed by atoms with Crippen LogP contribution < -0.4 is 15.8 Å². The average Bonchev–Trinajstić information content (AvgIpc) is 2.91. The van der Waals surface area contributed by atoms with Crippen LogP contribution in [-0.4, -0.2) is 46.2 Å². The van der Waals surface area contributed by atoms with Crippen LogP contribution in [0.2, 0.25) is 0 Å². The smallest absolute Gasteiger partial charge is 0.424 e. The van der Waals surface area contributed by atoms with Crippen molar-refractivity contribution in [1.29, 1.82) is 0 Å². The molecule has 4 rings (SSSR count). The molecular weight excluding hydrogens is 532 g/mol. The summed E-state index contributed by atoms with van der Waals surface area (Å²) in [5.74, 6) is -2.42. The van der Waals surface area contributed by atoms with E-state index in [1.54, 1.807) is 31.2 Å². The number of primary amides is 1.